The van der Waals surface area contributed by atoms with E-state index in [0.717, 1.165) is 22.1 Å². The van der Waals surface area contributed by atoms with Gasteiger partial charge in [-0.2, -0.15) is 0 Å². The van der Waals surface area contributed by atoms with Gasteiger partial charge in [0.15, 0.2) is 5.58 Å². The van der Waals surface area contributed by atoms with Crippen LogP contribution in [0.1, 0.15) is 0 Å². The molecule has 0 fully saturated rings. The van der Waals surface area contributed by atoms with Crippen LogP contribution >= 0.6 is 21.8 Å². The molecule has 0 bridgehead atoms. The van der Waals surface area contributed by atoms with Crippen LogP contribution in [0.15, 0.2) is 33.9 Å². The first kappa shape index (κ1) is 7.97. The highest BCUT2D eigenvalue weighted by Gasteiger charge is 2.03. The molecule has 2 N–H and O–H groups in total. The quantitative estimate of drug-likeness (QED) is 0.593. The molecule has 5 heteroatoms. The number of oxazole rings is 1. The third-order valence-corrected chi connectivity index (χ3v) is 2.52. The molecule has 0 spiro atoms. The number of nitrogens with two attached hydrogens (primary N) is 1. The van der Waals surface area contributed by atoms with Crippen LogP contribution in [0, 0.1) is 0 Å². The Labute approximate surface area is 77.2 Å². The van der Waals surface area contributed by atoms with Gasteiger partial charge in [0.05, 0.1) is 0 Å². The van der Waals surface area contributed by atoms with Gasteiger partial charge in [0.2, 0.25) is 0 Å². The van der Waals surface area contributed by atoms with Crippen molar-refractivity contribution in [2.24, 2.45) is 5.14 Å². The van der Waals surface area contributed by atoms with Crippen LogP contribution in [-0.2, 0) is 0 Å². The third kappa shape index (κ3) is 1.43. The number of fused-ring (bicyclic) bond motifs is 1. The molecular formula is C7H6N2OS2. The summed E-state index contributed by atoms with van der Waals surface area (Å²) in [6.07, 6.45) is 0. The van der Waals surface area contributed by atoms with E-state index >= 15 is 0 Å². The summed E-state index contributed by atoms with van der Waals surface area (Å²) in [7, 11) is 2.45. The van der Waals surface area contributed by atoms with Gasteiger partial charge in [0.1, 0.15) is 5.52 Å². The molecule has 0 saturated carbocycles. The summed E-state index contributed by atoms with van der Waals surface area (Å²) in [6, 6.07) is 7.63. The predicted octanol–water partition coefficient (Wildman–Crippen LogP) is 2.44. The van der Waals surface area contributed by atoms with Crippen LogP contribution in [-0.4, -0.2) is 4.98 Å². The third-order valence-electron chi connectivity index (χ3n) is 1.39. The number of hydrogen-bond acceptors (Lipinski definition) is 5. The van der Waals surface area contributed by atoms with Crippen molar-refractivity contribution in [3.63, 3.8) is 0 Å². The zero-order chi connectivity index (χ0) is 8.39. The van der Waals surface area contributed by atoms with Crippen molar-refractivity contribution < 1.29 is 4.42 Å². The molecule has 3 nitrogen and oxygen atoms in total. The van der Waals surface area contributed by atoms with E-state index in [1.54, 1.807) is 0 Å². The van der Waals surface area contributed by atoms with Gasteiger partial charge in [-0.25, -0.2) is 4.98 Å². The summed E-state index contributed by atoms with van der Waals surface area (Å²) in [4.78, 5) is 4.20. The van der Waals surface area contributed by atoms with Gasteiger partial charge in [-0.05, 0) is 23.1 Å². The molecule has 0 unspecified atom stereocenters. The van der Waals surface area contributed by atoms with Gasteiger partial charge in [0.25, 0.3) is 5.22 Å². The Hall–Kier alpha value is -0.650. The number of hydrogen-bond donors (Lipinski definition) is 1. The van der Waals surface area contributed by atoms with E-state index in [1.807, 2.05) is 24.3 Å². The lowest BCUT2D eigenvalue weighted by Gasteiger charge is -1.83. The maximum absolute atomic E-state index is 5.36. The Morgan fingerprint density at radius 3 is 2.92 bits per heavy atom. The highest BCUT2D eigenvalue weighted by atomic mass is 33.1. The first-order valence-corrected chi connectivity index (χ1v) is 5.50. The van der Waals surface area contributed by atoms with Crippen LogP contribution in [0.4, 0.5) is 0 Å². The minimum absolute atomic E-state index is 0.601. The molecule has 0 aliphatic heterocycles. The highest BCUT2D eigenvalue weighted by Crippen LogP contribution is 2.28. The molecule has 2 rings (SSSR count). The minimum atomic E-state index is 0.601. The van der Waals surface area contributed by atoms with Gasteiger partial charge >= 0.3 is 0 Å². The zero-order valence-electron chi connectivity index (χ0n) is 6.06. The Bertz CT molecular complexity index is 355. The molecule has 1 heterocycles. The Kier molecular flexibility index (Phi) is 2.25. The summed E-state index contributed by atoms with van der Waals surface area (Å²) in [5, 5.41) is 5.86. The molecule has 0 saturated heterocycles. The number of para-hydroxylation sites is 2. The van der Waals surface area contributed by atoms with Crippen LogP contribution in [0.5, 0.6) is 0 Å². The maximum Gasteiger partial charge on any atom is 0.268 e. The van der Waals surface area contributed by atoms with E-state index in [2.05, 4.69) is 4.98 Å². The second-order valence-electron chi connectivity index (χ2n) is 2.13. The van der Waals surface area contributed by atoms with Crippen molar-refractivity contribution in [1.29, 1.82) is 0 Å². The molecule has 0 amide bonds. The van der Waals surface area contributed by atoms with Crippen LogP contribution < -0.4 is 5.14 Å². The monoisotopic (exact) mass is 198 g/mol. The van der Waals surface area contributed by atoms with Crippen molar-refractivity contribution in [3.8, 4) is 0 Å². The lowest BCUT2D eigenvalue weighted by atomic mass is 10.3. The van der Waals surface area contributed by atoms with Gasteiger partial charge in [-0.15, -0.1) is 0 Å². The Morgan fingerprint density at radius 2 is 2.17 bits per heavy atom. The lowest BCUT2D eigenvalue weighted by molar-refractivity contribution is 0.491. The summed E-state index contributed by atoms with van der Waals surface area (Å²) in [6.45, 7) is 0. The first-order valence-electron chi connectivity index (χ1n) is 3.29. The molecule has 0 aliphatic rings. The number of aromatic nitrogens is 1. The zero-order valence-corrected chi connectivity index (χ0v) is 7.69. The van der Waals surface area contributed by atoms with Gasteiger partial charge in [0, 0.05) is 10.8 Å². The molecule has 12 heavy (non-hydrogen) atoms. The molecule has 2 aromatic rings. The molecule has 62 valence electrons. The fourth-order valence-corrected chi connectivity index (χ4v) is 1.73. The predicted molar refractivity (Wildman–Crippen MR) is 51.6 cm³/mol. The number of rotatable bonds is 2. The van der Waals surface area contributed by atoms with Crippen LogP contribution in [0.25, 0.3) is 11.1 Å². The van der Waals surface area contributed by atoms with E-state index in [4.69, 9.17) is 9.56 Å². The minimum Gasteiger partial charge on any atom is -0.431 e. The largest absolute Gasteiger partial charge is 0.431 e. The van der Waals surface area contributed by atoms with Crippen LogP contribution in [0.3, 0.4) is 0 Å². The summed E-state index contributed by atoms with van der Waals surface area (Å²) < 4.78 is 5.36. The topological polar surface area (TPSA) is 52.0 Å². The average Bonchev–Trinajstić information content (AvgIpc) is 2.47. The summed E-state index contributed by atoms with van der Waals surface area (Å²) >= 11 is 0. The second kappa shape index (κ2) is 3.38. The van der Waals surface area contributed by atoms with Crippen molar-refractivity contribution in [2.45, 2.75) is 5.22 Å². The van der Waals surface area contributed by atoms with Gasteiger partial charge in [-0.1, -0.05) is 12.1 Å². The van der Waals surface area contributed by atoms with Crippen LogP contribution in [0.2, 0.25) is 0 Å². The average molecular weight is 198 g/mol. The summed E-state index contributed by atoms with van der Waals surface area (Å²) in [5.74, 6) is 0. The second-order valence-corrected chi connectivity index (χ2v) is 3.91. The van der Waals surface area contributed by atoms with Crippen molar-refractivity contribution >= 4 is 32.9 Å². The molecule has 0 aliphatic carbocycles. The Balaban J connectivity index is 2.47. The lowest BCUT2D eigenvalue weighted by Crippen LogP contribution is -1.70. The summed E-state index contributed by atoms with van der Waals surface area (Å²) in [5.41, 5.74) is 1.67. The standard InChI is InChI=1S/C7H6N2OS2/c8-12-11-7-9-5-3-1-2-4-6(5)10-7/h1-4H,8H2. The normalized spacial score (nSPS) is 10.8. The van der Waals surface area contributed by atoms with Gasteiger partial charge in [-0.3, -0.25) is 5.14 Å². The van der Waals surface area contributed by atoms with Crippen molar-refractivity contribution in [3.05, 3.63) is 24.3 Å². The molecule has 0 atom stereocenters. The highest BCUT2D eigenvalue weighted by molar-refractivity contribution is 8.75. The fourth-order valence-electron chi connectivity index (χ4n) is 0.928. The van der Waals surface area contributed by atoms with E-state index in [0.29, 0.717) is 5.22 Å². The first-order chi connectivity index (χ1) is 5.90. The number of nitrogens with zero attached hydrogens (tertiary/aromatic N) is 1. The Morgan fingerprint density at radius 1 is 1.33 bits per heavy atom. The molecule has 0 radical (unpaired) electrons. The van der Waals surface area contributed by atoms with E-state index in [1.165, 1.54) is 10.8 Å². The molecule has 1 aromatic carbocycles. The van der Waals surface area contributed by atoms with Gasteiger partial charge < -0.3 is 4.42 Å². The van der Waals surface area contributed by atoms with E-state index in [9.17, 15) is 0 Å². The molecule has 1 aromatic heterocycles. The number of benzene rings is 1. The van der Waals surface area contributed by atoms with Crippen molar-refractivity contribution in [2.75, 3.05) is 0 Å². The van der Waals surface area contributed by atoms with E-state index in [-0.39, 0.29) is 0 Å². The smallest absolute Gasteiger partial charge is 0.268 e. The SMILES string of the molecule is NSSc1nc2ccccc2o1. The molecular weight excluding hydrogens is 192 g/mol. The van der Waals surface area contributed by atoms with E-state index < -0.39 is 0 Å². The maximum atomic E-state index is 5.36. The fraction of sp³-hybridized carbons (Fsp3) is 0. The van der Waals surface area contributed by atoms with Crippen molar-refractivity contribution in [1.82, 2.24) is 4.98 Å².